The van der Waals surface area contributed by atoms with E-state index in [4.69, 9.17) is 0 Å². The average Bonchev–Trinajstić information content (AvgIpc) is 3.65. The molecule has 2 bridgehead atoms. The molecule has 5 rings (SSSR count). The molecule has 0 aliphatic carbocycles. The number of nitrogens with zero attached hydrogens (tertiary/aromatic N) is 4. The molecule has 3 amide bonds. The van der Waals surface area contributed by atoms with E-state index in [9.17, 15) is 14.7 Å². The third kappa shape index (κ3) is 6.09. The van der Waals surface area contributed by atoms with E-state index >= 15 is 4.79 Å². The van der Waals surface area contributed by atoms with Gasteiger partial charge in [0.25, 0.3) is 5.91 Å². The van der Waals surface area contributed by atoms with Gasteiger partial charge in [-0.1, -0.05) is 56.3 Å². The highest BCUT2D eigenvalue weighted by molar-refractivity contribution is 8.02. The maximum atomic E-state index is 15.1. The van der Waals surface area contributed by atoms with Crippen LogP contribution in [0.4, 0.5) is 11.4 Å². The number of likely N-dealkylation sites (tertiary alicyclic amines) is 1. The summed E-state index contributed by atoms with van der Waals surface area (Å²) in [7, 11) is 0. The maximum absolute atomic E-state index is 15.1. The molecule has 3 saturated heterocycles. The number of hydrogen-bond donors (Lipinski definition) is 1. The fourth-order valence-electron chi connectivity index (χ4n) is 8.42. The maximum Gasteiger partial charge on any atom is 0.251 e. The Bertz CT molecular complexity index is 1500. The molecule has 8 nitrogen and oxygen atoms in total. The number of carbonyl (C=O) groups is 3. The van der Waals surface area contributed by atoms with Crippen molar-refractivity contribution >= 4 is 40.9 Å². The predicted molar refractivity (Wildman–Crippen MR) is 196 cm³/mol. The molecule has 0 radical (unpaired) electrons. The minimum atomic E-state index is -0.844. The lowest BCUT2D eigenvalue weighted by Gasteiger charge is -2.40. The van der Waals surface area contributed by atoms with Crippen LogP contribution in [0.25, 0.3) is 0 Å². The summed E-state index contributed by atoms with van der Waals surface area (Å²) in [5, 5.41) is 10.7. The Balaban J connectivity index is 1.58. The summed E-state index contributed by atoms with van der Waals surface area (Å²) >= 11 is 1.66. The summed E-state index contributed by atoms with van der Waals surface area (Å²) in [6, 6.07) is 16.4. The van der Waals surface area contributed by atoms with Crippen molar-refractivity contribution in [2.75, 3.05) is 42.6 Å². The van der Waals surface area contributed by atoms with Gasteiger partial charge < -0.3 is 24.7 Å². The Labute approximate surface area is 290 Å². The molecule has 1 N–H and O–H groups in total. The fraction of sp³-hybridized carbons (Fsp3) is 0.513. The second-order valence-corrected chi connectivity index (χ2v) is 15.8. The highest BCUT2D eigenvalue weighted by atomic mass is 32.2. The molecule has 6 atom stereocenters. The molecule has 258 valence electrons. The van der Waals surface area contributed by atoms with Gasteiger partial charge >= 0.3 is 0 Å². The van der Waals surface area contributed by atoms with Crippen LogP contribution in [0.3, 0.4) is 0 Å². The summed E-state index contributed by atoms with van der Waals surface area (Å²) in [4.78, 5) is 52.2. The lowest BCUT2D eigenvalue weighted by atomic mass is 9.66. The summed E-state index contributed by atoms with van der Waals surface area (Å²) < 4.78 is -1.32. The zero-order valence-corrected chi connectivity index (χ0v) is 30.0. The van der Waals surface area contributed by atoms with Crippen molar-refractivity contribution < 1.29 is 19.5 Å². The van der Waals surface area contributed by atoms with Gasteiger partial charge in [-0.25, -0.2) is 0 Å². The molecule has 3 aliphatic rings. The number of thioether (sulfide) groups is 1. The Morgan fingerprint density at radius 2 is 1.60 bits per heavy atom. The summed E-state index contributed by atoms with van der Waals surface area (Å²) in [5.41, 5.74) is 2.80. The standard InChI is InChI=1S/C39H52N4O4S/c1-8-23-41(25-28-15-13-12-14-16-28)35(45)32-33-36(46)43(31(26-44)27(5)6)34(39(33)22-21-38(32,7)48-39)37(47)42(24-9-2)30-19-17-29(18-20-30)40(10-3)11-4/h8-9,12-20,27,31-34,44H,1-2,10-11,21-26H2,3-7H3/t31-,32-,33-,34?,38+,39?/m0/s1. The minimum absolute atomic E-state index is 0.0817. The van der Waals surface area contributed by atoms with E-state index in [0.717, 1.165) is 30.0 Å². The first-order valence-corrected chi connectivity index (χ1v) is 18.2. The van der Waals surface area contributed by atoms with Crippen molar-refractivity contribution in [1.82, 2.24) is 9.80 Å². The molecule has 2 aromatic rings. The van der Waals surface area contributed by atoms with E-state index in [1.165, 1.54) is 0 Å². The number of aliphatic hydroxyl groups excluding tert-OH is 1. The number of anilines is 2. The monoisotopic (exact) mass is 672 g/mol. The minimum Gasteiger partial charge on any atom is -0.394 e. The van der Waals surface area contributed by atoms with Crippen molar-refractivity contribution in [2.45, 2.75) is 75.6 Å². The smallest absolute Gasteiger partial charge is 0.251 e. The van der Waals surface area contributed by atoms with E-state index < -0.39 is 33.4 Å². The van der Waals surface area contributed by atoms with E-state index in [1.807, 2.05) is 68.4 Å². The van der Waals surface area contributed by atoms with Gasteiger partial charge in [-0.05, 0) is 69.4 Å². The summed E-state index contributed by atoms with van der Waals surface area (Å²) in [5.74, 6) is -1.88. The average molecular weight is 673 g/mol. The van der Waals surface area contributed by atoms with Crippen molar-refractivity contribution in [3.8, 4) is 0 Å². The number of carbonyl (C=O) groups excluding carboxylic acids is 3. The molecule has 9 heteroatoms. The van der Waals surface area contributed by atoms with Crippen LogP contribution in [0, 0.1) is 17.8 Å². The van der Waals surface area contributed by atoms with Crippen LogP contribution in [0.1, 0.15) is 53.0 Å². The van der Waals surface area contributed by atoms with Crippen molar-refractivity contribution in [3.05, 3.63) is 85.5 Å². The normalized spacial score (nSPS) is 26.4. The van der Waals surface area contributed by atoms with Crippen molar-refractivity contribution in [3.63, 3.8) is 0 Å². The highest BCUT2D eigenvalue weighted by Gasteiger charge is 2.78. The molecule has 1 spiro atoms. The Hall–Kier alpha value is -3.56. The number of benzene rings is 2. The van der Waals surface area contributed by atoms with Gasteiger partial charge in [-0.15, -0.1) is 24.9 Å². The topological polar surface area (TPSA) is 84.4 Å². The van der Waals surface area contributed by atoms with Crippen LogP contribution in [0.2, 0.25) is 0 Å². The van der Waals surface area contributed by atoms with Gasteiger partial charge in [0.05, 0.1) is 29.2 Å². The molecule has 0 aromatic heterocycles. The van der Waals surface area contributed by atoms with Crippen LogP contribution in [-0.2, 0) is 20.9 Å². The first-order chi connectivity index (χ1) is 23.0. The van der Waals surface area contributed by atoms with Crippen LogP contribution in [0.5, 0.6) is 0 Å². The van der Waals surface area contributed by atoms with Gasteiger partial charge in [0, 0.05) is 48.8 Å². The number of amides is 3. The zero-order chi connectivity index (χ0) is 34.8. The van der Waals surface area contributed by atoms with Gasteiger partial charge in [0.1, 0.15) is 6.04 Å². The van der Waals surface area contributed by atoms with E-state index in [-0.39, 0.29) is 36.8 Å². The largest absolute Gasteiger partial charge is 0.394 e. The van der Waals surface area contributed by atoms with Crippen LogP contribution < -0.4 is 9.80 Å². The molecule has 2 unspecified atom stereocenters. The molecule has 3 fully saturated rings. The number of rotatable bonds is 15. The summed E-state index contributed by atoms with van der Waals surface area (Å²) in [6.07, 6.45) is 4.80. The Morgan fingerprint density at radius 3 is 2.17 bits per heavy atom. The number of fused-ring (bicyclic) bond motifs is 1. The Kier molecular flexibility index (Phi) is 10.8. The molecular formula is C39H52N4O4S. The Morgan fingerprint density at radius 1 is 0.979 bits per heavy atom. The van der Waals surface area contributed by atoms with Crippen LogP contribution in [0.15, 0.2) is 79.9 Å². The van der Waals surface area contributed by atoms with Gasteiger partial charge in [0.2, 0.25) is 11.8 Å². The fourth-order valence-corrected chi connectivity index (χ4v) is 10.7. The second kappa shape index (κ2) is 14.5. The zero-order valence-electron chi connectivity index (χ0n) is 29.2. The molecule has 3 aliphatic heterocycles. The first kappa shape index (κ1) is 35.7. The van der Waals surface area contributed by atoms with Crippen molar-refractivity contribution in [1.29, 1.82) is 0 Å². The number of hydrogen-bond acceptors (Lipinski definition) is 6. The van der Waals surface area contributed by atoms with E-state index in [2.05, 4.69) is 38.8 Å². The molecule has 3 heterocycles. The lowest BCUT2D eigenvalue weighted by Crippen LogP contribution is -2.58. The summed E-state index contributed by atoms with van der Waals surface area (Å²) in [6.45, 7) is 20.7. The molecular weight excluding hydrogens is 621 g/mol. The van der Waals surface area contributed by atoms with Crippen molar-refractivity contribution in [2.24, 2.45) is 17.8 Å². The number of aliphatic hydroxyl groups is 1. The predicted octanol–water partition coefficient (Wildman–Crippen LogP) is 5.76. The van der Waals surface area contributed by atoms with Gasteiger partial charge in [0.15, 0.2) is 0 Å². The van der Waals surface area contributed by atoms with Gasteiger partial charge in [-0.3, -0.25) is 14.4 Å². The highest BCUT2D eigenvalue weighted by Crippen LogP contribution is 2.72. The lowest BCUT2D eigenvalue weighted by molar-refractivity contribution is -0.147. The molecule has 0 saturated carbocycles. The van der Waals surface area contributed by atoms with Gasteiger partial charge in [-0.2, -0.15) is 0 Å². The second-order valence-electron chi connectivity index (χ2n) is 13.9. The van der Waals surface area contributed by atoms with E-state index in [1.54, 1.807) is 38.6 Å². The SMILES string of the molecule is C=CCN(Cc1ccccc1)C(=O)[C@@H]1[C@H]2C(=O)N([C@@H](CO)C(C)C)C(C(=O)N(CC=C)c3ccc(N(CC)CC)cc3)C23CC[C@@]1(C)S3. The van der Waals surface area contributed by atoms with Crippen LogP contribution in [-0.4, -0.2) is 87.0 Å². The third-order valence-corrected chi connectivity index (χ3v) is 12.8. The third-order valence-electron chi connectivity index (χ3n) is 10.8. The molecule has 48 heavy (non-hydrogen) atoms. The first-order valence-electron chi connectivity index (χ1n) is 17.4. The quantitative estimate of drug-likeness (QED) is 0.242. The van der Waals surface area contributed by atoms with Crippen LogP contribution >= 0.6 is 11.8 Å². The molecule has 2 aromatic carbocycles. The van der Waals surface area contributed by atoms with E-state index in [0.29, 0.717) is 25.9 Å².